The van der Waals surface area contributed by atoms with Crippen LogP contribution in [0.25, 0.3) is 0 Å². The molecule has 0 saturated carbocycles. The predicted octanol–water partition coefficient (Wildman–Crippen LogP) is 9.39. The Hall–Kier alpha value is -2.25. The number of carbonyl (C=O) groups is 1. The third-order valence-corrected chi connectivity index (χ3v) is 17.6. The van der Waals surface area contributed by atoms with Crippen molar-refractivity contribution in [3.63, 3.8) is 0 Å². The van der Waals surface area contributed by atoms with E-state index in [1.165, 1.54) is 161 Å². The van der Waals surface area contributed by atoms with Crippen LogP contribution in [0.4, 0.5) is 0 Å². The Morgan fingerprint density at radius 2 is 0.730 bits per heavy atom. The van der Waals surface area contributed by atoms with Gasteiger partial charge in [-0.1, -0.05) is 236 Å². The molecular weight excluding hydrogens is 1140 g/mol. The number of nitrogens with one attached hydrogen (secondary N) is 1. The van der Waals surface area contributed by atoms with E-state index in [1.807, 2.05) is 6.08 Å². The summed E-state index contributed by atoms with van der Waals surface area (Å²) < 4.78 is 34.3. The summed E-state index contributed by atoms with van der Waals surface area (Å²) in [6.07, 6.45) is 35.7. The first-order valence-electron chi connectivity index (χ1n) is 35.4. The number of aliphatic hydroxyl groups is 11. The average Bonchev–Trinajstić information content (AvgIpc) is 1.88. The standard InChI is InChI=1S/C70H127NO18/c1-3-5-7-9-11-13-15-16-17-18-19-20-21-22-23-24-25-26-27-28-29-30-31-32-33-34-35-36-38-39-41-43-45-47-54(75)53(71-58(76)48-46-44-42-40-37-14-12-10-8-6-4-2)52-84-68-64(82)61(79)66(56(50-73)86-68)89-70-65(83)62(80)67(57(51-74)87-70)88-69-63(81)60(78)59(77)55(49-72)85-69/h10,12,33-34,38-39,45,47,53-57,59-70,72-75,77-83H,3-9,11,13-32,35-37,40-44,46,48-52H2,1-2H3,(H,71,76)/b12-10-,34-33+,39-38+,47-45+. The van der Waals surface area contributed by atoms with Crippen molar-refractivity contribution in [3.05, 3.63) is 48.6 Å². The summed E-state index contributed by atoms with van der Waals surface area (Å²) >= 11 is 0. The number of hydrogen-bond acceptors (Lipinski definition) is 18. The van der Waals surface area contributed by atoms with Gasteiger partial charge in [0, 0.05) is 6.42 Å². The highest BCUT2D eigenvalue weighted by atomic mass is 16.8. The second-order valence-electron chi connectivity index (χ2n) is 25.3. The van der Waals surface area contributed by atoms with Gasteiger partial charge in [-0.2, -0.15) is 0 Å². The molecule has 19 nitrogen and oxygen atoms in total. The van der Waals surface area contributed by atoms with Gasteiger partial charge < -0.3 is 89.9 Å². The van der Waals surface area contributed by atoms with Crippen LogP contribution >= 0.6 is 0 Å². The van der Waals surface area contributed by atoms with Gasteiger partial charge in [0.25, 0.3) is 0 Å². The SMILES string of the molecule is CCCC/C=C\CCCCCCCC(=O)NC(COC1OC(CO)C(OC2OC(CO)C(OC3OC(CO)C(O)C(O)C3O)C(O)C2O)C(O)C1O)C(O)/C=C/CC/C=C/CC/C=C/CCCCCCCCCCCCCCCCCCCCCCCCC. The van der Waals surface area contributed by atoms with Crippen LogP contribution in [-0.2, 0) is 33.2 Å². The minimum absolute atomic E-state index is 0.220. The maximum absolute atomic E-state index is 13.3. The number of hydrogen-bond donors (Lipinski definition) is 12. The number of unbranched alkanes of at least 4 members (excludes halogenated alkanes) is 32. The molecule has 0 spiro atoms. The largest absolute Gasteiger partial charge is 0.394 e. The lowest BCUT2D eigenvalue weighted by Gasteiger charge is -2.48. The first kappa shape index (κ1) is 81.0. The average molecular weight is 1270 g/mol. The van der Waals surface area contributed by atoms with Crippen LogP contribution in [0, 0.1) is 0 Å². The molecule has 12 N–H and O–H groups in total. The Balaban J connectivity index is 1.38. The van der Waals surface area contributed by atoms with Gasteiger partial charge in [0.1, 0.15) is 73.2 Å². The molecule has 3 heterocycles. The topological polar surface area (TPSA) is 307 Å². The van der Waals surface area contributed by atoms with Crippen LogP contribution < -0.4 is 5.32 Å². The highest BCUT2D eigenvalue weighted by molar-refractivity contribution is 5.76. The van der Waals surface area contributed by atoms with Crippen molar-refractivity contribution in [2.75, 3.05) is 26.4 Å². The summed E-state index contributed by atoms with van der Waals surface area (Å²) in [5.74, 6) is -0.301. The van der Waals surface area contributed by atoms with Gasteiger partial charge in [-0.3, -0.25) is 4.79 Å². The lowest BCUT2D eigenvalue weighted by molar-refractivity contribution is -0.379. The molecule has 520 valence electrons. The molecule has 0 bridgehead atoms. The molecule has 3 saturated heterocycles. The number of rotatable bonds is 54. The zero-order valence-electron chi connectivity index (χ0n) is 54.9. The van der Waals surface area contributed by atoms with Crippen LogP contribution in [0.2, 0.25) is 0 Å². The van der Waals surface area contributed by atoms with E-state index in [2.05, 4.69) is 55.6 Å². The fourth-order valence-electron chi connectivity index (χ4n) is 11.8. The third-order valence-electron chi connectivity index (χ3n) is 17.6. The maximum Gasteiger partial charge on any atom is 0.220 e. The molecule has 1 amide bonds. The minimum Gasteiger partial charge on any atom is -0.394 e. The van der Waals surface area contributed by atoms with Crippen molar-refractivity contribution in [2.24, 2.45) is 0 Å². The fourth-order valence-corrected chi connectivity index (χ4v) is 11.8. The molecule has 0 radical (unpaired) electrons. The fraction of sp³-hybridized carbons (Fsp3) is 0.871. The number of amides is 1. The number of ether oxygens (including phenoxy) is 6. The van der Waals surface area contributed by atoms with E-state index < -0.39 is 124 Å². The van der Waals surface area contributed by atoms with Crippen LogP contribution in [-0.4, -0.2) is 193 Å². The van der Waals surface area contributed by atoms with E-state index in [-0.39, 0.29) is 18.9 Å². The van der Waals surface area contributed by atoms with Gasteiger partial charge in [-0.25, -0.2) is 0 Å². The lowest BCUT2D eigenvalue weighted by Crippen LogP contribution is -2.66. The molecular formula is C70H127NO18. The Kier molecular flexibility index (Phi) is 47.4. The normalized spacial score (nSPS) is 28.5. The number of allylic oxidation sites excluding steroid dienone is 7. The first-order chi connectivity index (χ1) is 43.3. The summed E-state index contributed by atoms with van der Waals surface area (Å²) in [7, 11) is 0. The van der Waals surface area contributed by atoms with E-state index in [0.29, 0.717) is 12.8 Å². The van der Waals surface area contributed by atoms with Crippen molar-refractivity contribution >= 4 is 5.91 Å². The second kappa shape index (κ2) is 52.1. The predicted molar refractivity (Wildman–Crippen MR) is 346 cm³/mol. The Bertz CT molecular complexity index is 1800. The van der Waals surface area contributed by atoms with E-state index >= 15 is 0 Å². The summed E-state index contributed by atoms with van der Waals surface area (Å²) in [5, 5.41) is 120. The zero-order valence-corrected chi connectivity index (χ0v) is 54.9. The highest BCUT2D eigenvalue weighted by Gasteiger charge is 2.53. The maximum atomic E-state index is 13.3. The van der Waals surface area contributed by atoms with Crippen molar-refractivity contribution in [1.82, 2.24) is 5.32 Å². The molecule has 0 aromatic carbocycles. The monoisotopic (exact) mass is 1270 g/mol. The van der Waals surface area contributed by atoms with E-state index in [4.69, 9.17) is 28.4 Å². The summed E-state index contributed by atoms with van der Waals surface area (Å²) in [6, 6.07) is -1.00. The number of carbonyl (C=O) groups excluding carboxylic acids is 1. The Morgan fingerprint density at radius 1 is 0.393 bits per heavy atom. The van der Waals surface area contributed by atoms with Gasteiger partial charge in [0.15, 0.2) is 18.9 Å². The molecule has 3 aliphatic rings. The van der Waals surface area contributed by atoms with Crippen LogP contribution in [0.15, 0.2) is 48.6 Å². The van der Waals surface area contributed by atoms with Crippen molar-refractivity contribution in [3.8, 4) is 0 Å². The Morgan fingerprint density at radius 3 is 1.16 bits per heavy atom. The molecule has 19 heteroatoms. The molecule has 3 aliphatic heterocycles. The summed E-state index contributed by atoms with van der Waals surface area (Å²) in [5.41, 5.74) is 0. The smallest absolute Gasteiger partial charge is 0.220 e. The molecule has 3 rings (SSSR count). The number of aliphatic hydroxyl groups excluding tert-OH is 11. The Labute approximate surface area is 535 Å². The van der Waals surface area contributed by atoms with Crippen molar-refractivity contribution in [2.45, 2.75) is 362 Å². The lowest BCUT2D eigenvalue weighted by atomic mass is 9.96. The van der Waals surface area contributed by atoms with Gasteiger partial charge >= 0.3 is 0 Å². The quantitative estimate of drug-likeness (QED) is 0.0199. The summed E-state index contributed by atoms with van der Waals surface area (Å²) in [6.45, 7) is 1.66. The van der Waals surface area contributed by atoms with Gasteiger partial charge in [0.05, 0.1) is 38.6 Å². The molecule has 0 aliphatic carbocycles. The van der Waals surface area contributed by atoms with Gasteiger partial charge in [-0.15, -0.1) is 0 Å². The summed E-state index contributed by atoms with van der Waals surface area (Å²) in [4.78, 5) is 13.3. The first-order valence-corrected chi connectivity index (χ1v) is 35.4. The van der Waals surface area contributed by atoms with E-state index in [9.17, 15) is 61.0 Å². The molecule has 17 unspecified atom stereocenters. The van der Waals surface area contributed by atoms with E-state index in [0.717, 1.165) is 64.2 Å². The molecule has 0 aromatic rings. The van der Waals surface area contributed by atoms with Gasteiger partial charge in [-0.05, 0) is 64.2 Å². The van der Waals surface area contributed by atoms with Crippen molar-refractivity contribution in [1.29, 1.82) is 0 Å². The molecule has 17 atom stereocenters. The molecule has 89 heavy (non-hydrogen) atoms. The zero-order chi connectivity index (χ0) is 64.7. The second-order valence-corrected chi connectivity index (χ2v) is 25.3. The van der Waals surface area contributed by atoms with E-state index in [1.54, 1.807) is 6.08 Å². The highest BCUT2D eigenvalue weighted by Crippen LogP contribution is 2.33. The molecule has 3 fully saturated rings. The third kappa shape index (κ3) is 34.1. The van der Waals surface area contributed by atoms with Crippen LogP contribution in [0.1, 0.15) is 258 Å². The van der Waals surface area contributed by atoms with Crippen LogP contribution in [0.3, 0.4) is 0 Å². The van der Waals surface area contributed by atoms with Crippen LogP contribution in [0.5, 0.6) is 0 Å². The van der Waals surface area contributed by atoms with Crippen molar-refractivity contribution < 1.29 is 89.4 Å². The minimum atomic E-state index is -1.98. The van der Waals surface area contributed by atoms with Gasteiger partial charge in [0.2, 0.25) is 5.91 Å². The molecule has 0 aromatic heterocycles.